The van der Waals surface area contributed by atoms with Gasteiger partial charge in [0.05, 0.1) is 17.9 Å². The fraction of sp³-hybridized carbons (Fsp3) is 0.607. The van der Waals surface area contributed by atoms with Gasteiger partial charge in [0.15, 0.2) is 0 Å². The number of carbonyl (C=O) groups excluding carboxylic acids is 2. The Bertz CT molecular complexity index is 996. The number of aryl methyl sites for hydroxylation is 2. The first-order valence-corrected chi connectivity index (χ1v) is 12.9. The van der Waals surface area contributed by atoms with Crippen molar-refractivity contribution in [1.82, 2.24) is 14.7 Å². The van der Waals surface area contributed by atoms with Gasteiger partial charge in [0, 0.05) is 23.9 Å². The molecule has 0 unspecified atom stereocenters. The van der Waals surface area contributed by atoms with E-state index in [1.807, 2.05) is 16.8 Å². The lowest BCUT2D eigenvalue weighted by atomic mass is 9.92. The minimum Gasteiger partial charge on any atom is -0.333 e. The number of unbranched alkanes of at least 4 members (excludes halogenated alkanes) is 2. The number of nitrogens with one attached hydrogen (secondary N) is 1. The van der Waals surface area contributed by atoms with Crippen LogP contribution in [0.25, 0.3) is 5.69 Å². The highest BCUT2D eigenvalue weighted by molar-refractivity contribution is 5.94. The Morgan fingerprint density at radius 3 is 2.44 bits per heavy atom. The third kappa shape index (κ3) is 6.49. The van der Waals surface area contributed by atoms with Crippen molar-refractivity contribution in [2.75, 3.05) is 18.4 Å². The molecule has 186 valence electrons. The second kappa shape index (κ2) is 11.2. The first-order valence-electron chi connectivity index (χ1n) is 12.9. The number of hydrogen-bond donors (Lipinski definition) is 1. The molecule has 1 fully saturated rings. The first-order chi connectivity index (χ1) is 16.1. The summed E-state index contributed by atoms with van der Waals surface area (Å²) in [4.78, 5) is 28.1. The largest absolute Gasteiger partial charge is 0.333 e. The maximum Gasteiger partial charge on any atom is 0.245 e. The summed E-state index contributed by atoms with van der Waals surface area (Å²) in [5, 5.41) is 7.93. The number of aromatic nitrogens is 2. The smallest absolute Gasteiger partial charge is 0.245 e. The molecular weight excluding hydrogens is 424 g/mol. The summed E-state index contributed by atoms with van der Waals surface area (Å²) >= 11 is 0. The molecule has 34 heavy (non-hydrogen) atoms. The number of rotatable bonds is 9. The Morgan fingerprint density at radius 1 is 1.12 bits per heavy atom. The molecule has 0 bridgehead atoms. The highest BCUT2D eigenvalue weighted by Crippen LogP contribution is 2.29. The van der Waals surface area contributed by atoms with E-state index in [0.29, 0.717) is 12.4 Å². The molecule has 2 aromatic rings. The molecule has 1 N–H and O–H groups in total. The van der Waals surface area contributed by atoms with Gasteiger partial charge in [0.2, 0.25) is 11.8 Å². The third-order valence-electron chi connectivity index (χ3n) is 6.71. The second-order valence-corrected chi connectivity index (χ2v) is 10.9. The van der Waals surface area contributed by atoms with E-state index in [1.165, 1.54) is 5.56 Å². The van der Waals surface area contributed by atoms with E-state index >= 15 is 0 Å². The van der Waals surface area contributed by atoms with Crippen molar-refractivity contribution >= 4 is 17.6 Å². The summed E-state index contributed by atoms with van der Waals surface area (Å²) in [5.41, 5.74) is 3.97. The molecule has 1 aromatic heterocycles. The quantitative estimate of drug-likeness (QED) is 0.466. The van der Waals surface area contributed by atoms with Gasteiger partial charge in [0.25, 0.3) is 0 Å². The Balaban J connectivity index is 1.83. The van der Waals surface area contributed by atoms with E-state index in [9.17, 15) is 9.59 Å². The van der Waals surface area contributed by atoms with Gasteiger partial charge in [-0.1, -0.05) is 71.1 Å². The van der Waals surface area contributed by atoms with Crippen LogP contribution in [0.2, 0.25) is 0 Å². The van der Waals surface area contributed by atoms with Crippen molar-refractivity contribution in [1.29, 1.82) is 0 Å². The van der Waals surface area contributed by atoms with Crippen LogP contribution in [0.4, 0.5) is 5.82 Å². The Labute approximate surface area is 205 Å². The molecule has 0 radical (unpaired) electrons. The van der Waals surface area contributed by atoms with Crippen LogP contribution in [-0.2, 0) is 15.0 Å². The van der Waals surface area contributed by atoms with Crippen molar-refractivity contribution < 1.29 is 9.59 Å². The van der Waals surface area contributed by atoms with Crippen LogP contribution in [-0.4, -0.2) is 39.6 Å². The van der Waals surface area contributed by atoms with Gasteiger partial charge in [-0.15, -0.1) is 0 Å². The third-order valence-corrected chi connectivity index (χ3v) is 6.71. The number of benzene rings is 1. The van der Waals surface area contributed by atoms with Crippen LogP contribution in [0, 0.1) is 19.8 Å². The number of anilines is 1. The summed E-state index contributed by atoms with van der Waals surface area (Å²) in [6.07, 6.45) is 7.17. The Morgan fingerprint density at radius 2 is 1.82 bits per heavy atom. The summed E-state index contributed by atoms with van der Waals surface area (Å²) < 4.78 is 1.83. The van der Waals surface area contributed by atoms with E-state index in [-0.39, 0.29) is 29.7 Å². The monoisotopic (exact) mass is 466 g/mol. The average Bonchev–Trinajstić information content (AvgIpc) is 3.43. The van der Waals surface area contributed by atoms with Crippen LogP contribution >= 0.6 is 0 Å². The lowest BCUT2D eigenvalue weighted by Crippen LogP contribution is -2.41. The van der Waals surface area contributed by atoms with Crippen molar-refractivity contribution in [2.45, 2.75) is 91.9 Å². The summed E-state index contributed by atoms with van der Waals surface area (Å²) in [7, 11) is 0. The van der Waals surface area contributed by atoms with E-state index in [2.05, 4.69) is 59.0 Å². The predicted molar refractivity (Wildman–Crippen MR) is 138 cm³/mol. The van der Waals surface area contributed by atoms with Gasteiger partial charge < -0.3 is 10.2 Å². The molecule has 1 saturated carbocycles. The zero-order chi connectivity index (χ0) is 24.9. The topological polar surface area (TPSA) is 67.2 Å². The van der Waals surface area contributed by atoms with E-state index < -0.39 is 0 Å². The molecule has 1 aliphatic rings. The molecule has 6 nitrogen and oxygen atoms in total. The molecule has 1 aromatic carbocycles. The molecular formula is C28H42N4O2. The van der Waals surface area contributed by atoms with Gasteiger partial charge in [-0.05, 0) is 44.7 Å². The lowest BCUT2D eigenvalue weighted by molar-refractivity contribution is -0.138. The van der Waals surface area contributed by atoms with E-state index in [1.54, 1.807) is 4.90 Å². The summed E-state index contributed by atoms with van der Waals surface area (Å²) in [5.74, 6) is 0.683. The maximum atomic E-state index is 13.2. The van der Waals surface area contributed by atoms with E-state index in [0.717, 1.165) is 61.9 Å². The van der Waals surface area contributed by atoms with Gasteiger partial charge in [-0.3, -0.25) is 9.59 Å². The molecule has 0 aliphatic heterocycles. The highest BCUT2D eigenvalue weighted by atomic mass is 16.2. The van der Waals surface area contributed by atoms with E-state index in [4.69, 9.17) is 5.10 Å². The van der Waals surface area contributed by atoms with Crippen LogP contribution in [0.1, 0.15) is 89.5 Å². The molecule has 0 saturated heterocycles. The maximum absolute atomic E-state index is 13.2. The normalized spacial score (nSPS) is 14.4. The summed E-state index contributed by atoms with van der Waals surface area (Å²) in [6.45, 7) is 13.3. The minimum absolute atomic E-state index is 0.0719. The van der Waals surface area contributed by atoms with Gasteiger partial charge in [-0.25, -0.2) is 4.68 Å². The van der Waals surface area contributed by atoms with Crippen molar-refractivity contribution in [3.05, 3.63) is 41.1 Å². The SMILES string of the molecule is CCCCCN(CC(=O)Nc1cc(C(C)(C)C)nn1-c1ccc(C)cc1C)C(=O)C1CCCC1. The highest BCUT2D eigenvalue weighted by Gasteiger charge is 2.29. The second-order valence-electron chi connectivity index (χ2n) is 10.9. The van der Waals surface area contributed by atoms with Crippen LogP contribution < -0.4 is 5.32 Å². The molecule has 1 aliphatic carbocycles. The van der Waals surface area contributed by atoms with Gasteiger partial charge >= 0.3 is 0 Å². The van der Waals surface area contributed by atoms with Crippen molar-refractivity contribution in [3.8, 4) is 5.69 Å². The van der Waals surface area contributed by atoms with Crippen LogP contribution in [0.15, 0.2) is 24.3 Å². The van der Waals surface area contributed by atoms with Gasteiger partial charge in [0.1, 0.15) is 5.82 Å². The molecule has 3 rings (SSSR count). The lowest BCUT2D eigenvalue weighted by Gasteiger charge is -2.25. The molecule has 0 spiro atoms. The number of nitrogens with zero attached hydrogens (tertiary/aromatic N) is 3. The summed E-state index contributed by atoms with van der Waals surface area (Å²) in [6, 6.07) is 8.18. The van der Waals surface area contributed by atoms with Crippen LogP contribution in [0.3, 0.4) is 0 Å². The van der Waals surface area contributed by atoms with Crippen molar-refractivity contribution in [2.24, 2.45) is 5.92 Å². The predicted octanol–water partition coefficient (Wildman–Crippen LogP) is 5.93. The minimum atomic E-state index is -0.172. The zero-order valence-electron chi connectivity index (χ0n) is 21.9. The standard InChI is InChI=1S/C28H42N4O2/c1-7-8-11-16-31(27(34)22-12-9-10-13-22)19-26(33)29-25-18-24(28(4,5)6)30-32(25)23-15-14-20(2)17-21(23)3/h14-15,17-18,22H,7-13,16,19H2,1-6H3,(H,29,33). The molecule has 2 amide bonds. The Kier molecular flexibility index (Phi) is 8.56. The van der Waals surface area contributed by atoms with Crippen LogP contribution in [0.5, 0.6) is 0 Å². The molecule has 0 atom stereocenters. The van der Waals surface area contributed by atoms with Crippen molar-refractivity contribution in [3.63, 3.8) is 0 Å². The Hall–Kier alpha value is -2.63. The average molecular weight is 467 g/mol. The fourth-order valence-electron chi connectivity index (χ4n) is 4.67. The first kappa shape index (κ1) is 26.0. The molecule has 6 heteroatoms. The molecule has 1 heterocycles. The number of hydrogen-bond acceptors (Lipinski definition) is 3. The fourth-order valence-corrected chi connectivity index (χ4v) is 4.67. The number of carbonyl (C=O) groups is 2. The number of amides is 2. The zero-order valence-corrected chi connectivity index (χ0v) is 21.9. The van der Waals surface area contributed by atoms with Gasteiger partial charge in [-0.2, -0.15) is 5.10 Å².